The van der Waals surface area contributed by atoms with Crippen molar-refractivity contribution >= 4 is 24.3 Å². The van der Waals surface area contributed by atoms with Crippen molar-refractivity contribution in [2.75, 3.05) is 0 Å². The maximum Gasteiger partial charge on any atom is 0.491 e. The molecule has 1 aliphatic carbocycles. The van der Waals surface area contributed by atoms with Crippen molar-refractivity contribution in [1.29, 1.82) is 0 Å². The number of Topliss-reactive ketones (excluding diaryl/α,β-unsaturated/α-hetero) is 1. The summed E-state index contributed by atoms with van der Waals surface area (Å²) in [6.45, 7) is 0.411. The molecule has 2 aliphatic rings. The van der Waals surface area contributed by atoms with E-state index in [4.69, 9.17) is 10.4 Å². The Morgan fingerprint density at radius 2 is 2.12 bits per heavy atom. The molecule has 0 fully saturated rings. The normalized spacial score (nSPS) is 18.8. The summed E-state index contributed by atoms with van der Waals surface area (Å²) in [6.07, 6.45) is 2.07. The highest BCUT2D eigenvalue weighted by molar-refractivity contribution is 6.61. The number of nitrogens with two attached hydrogens (primary N) is 1. The molecule has 2 aromatic carbocycles. The standard InChI is InChI=1S/C19H18BNO4/c21-19(23)15-3-1-2-12-6-7-13(18(22)17(12)15)8-11-4-5-14-10-25-20(24)16(14)9-11/h1-5,9,13,24H,6-8,10H2,(H2,21,23). The number of carbonyl (C=O) groups excluding carboxylic acids is 2. The molecule has 25 heavy (non-hydrogen) atoms. The van der Waals surface area contributed by atoms with E-state index in [1.165, 1.54) is 0 Å². The number of carbonyl (C=O) groups is 2. The lowest BCUT2D eigenvalue weighted by molar-refractivity contribution is 0.0890. The summed E-state index contributed by atoms with van der Waals surface area (Å²) in [4.78, 5) is 24.6. The molecule has 4 rings (SSSR count). The first-order chi connectivity index (χ1) is 12.0. The highest BCUT2D eigenvalue weighted by Gasteiger charge is 2.32. The maximum absolute atomic E-state index is 13.0. The summed E-state index contributed by atoms with van der Waals surface area (Å²) in [6, 6.07) is 11.1. The molecule has 1 heterocycles. The van der Waals surface area contributed by atoms with Gasteiger partial charge in [0.2, 0.25) is 5.91 Å². The van der Waals surface area contributed by atoms with Crippen LogP contribution in [-0.2, 0) is 24.1 Å². The second-order valence-corrected chi connectivity index (χ2v) is 6.70. The average Bonchev–Trinajstić information content (AvgIpc) is 2.97. The van der Waals surface area contributed by atoms with Crippen molar-refractivity contribution in [1.82, 2.24) is 0 Å². The van der Waals surface area contributed by atoms with Crippen LogP contribution in [0.5, 0.6) is 0 Å². The van der Waals surface area contributed by atoms with Crippen LogP contribution in [-0.4, -0.2) is 23.8 Å². The van der Waals surface area contributed by atoms with Gasteiger partial charge in [0.1, 0.15) is 0 Å². The Morgan fingerprint density at radius 1 is 1.28 bits per heavy atom. The predicted octanol–water partition coefficient (Wildman–Crippen LogP) is 0.991. The number of amides is 1. The number of primary amides is 1. The van der Waals surface area contributed by atoms with Gasteiger partial charge in [-0.2, -0.15) is 0 Å². The second kappa shape index (κ2) is 6.13. The van der Waals surface area contributed by atoms with Gasteiger partial charge in [-0.25, -0.2) is 0 Å². The van der Waals surface area contributed by atoms with Crippen LogP contribution in [0.15, 0.2) is 36.4 Å². The number of ketones is 1. The first-order valence-electron chi connectivity index (χ1n) is 8.42. The SMILES string of the molecule is NC(=O)c1cccc2c1C(=O)C(Cc1ccc3c(c1)B(O)OC3)CC2. The molecule has 3 N–H and O–H groups in total. The molecular weight excluding hydrogens is 317 g/mol. The molecule has 1 aliphatic heterocycles. The topological polar surface area (TPSA) is 89.6 Å². The van der Waals surface area contributed by atoms with Crippen LogP contribution >= 0.6 is 0 Å². The average molecular weight is 335 g/mol. The minimum atomic E-state index is -0.890. The van der Waals surface area contributed by atoms with Gasteiger partial charge in [0.15, 0.2) is 5.78 Å². The first-order valence-corrected chi connectivity index (χ1v) is 8.42. The molecule has 0 aromatic heterocycles. The van der Waals surface area contributed by atoms with E-state index in [2.05, 4.69) is 0 Å². The molecule has 0 saturated carbocycles. The highest BCUT2D eigenvalue weighted by atomic mass is 16.5. The molecule has 126 valence electrons. The van der Waals surface area contributed by atoms with Gasteiger partial charge in [-0.3, -0.25) is 9.59 Å². The lowest BCUT2D eigenvalue weighted by Crippen LogP contribution is -2.30. The van der Waals surface area contributed by atoms with Crippen LogP contribution < -0.4 is 11.2 Å². The zero-order chi connectivity index (χ0) is 17.6. The van der Waals surface area contributed by atoms with Crippen molar-refractivity contribution in [2.24, 2.45) is 11.7 Å². The van der Waals surface area contributed by atoms with Gasteiger partial charge < -0.3 is 15.4 Å². The van der Waals surface area contributed by atoms with Crippen LogP contribution in [0.2, 0.25) is 0 Å². The molecule has 1 unspecified atom stereocenters. The van der Waals surface area contributed by atoms with Crippen molar-refractivity contribution < 1.29 is 19.3 Å². The number of aryl methyl sites for hydroxylation is 1. The van der Waals surface area contributed by atoms with Gasteiger partial charge in [-0.15, -0.1) is 0 Å². The summed E-state index contributed by atoms with van der Waals surface area (Å²) in [5.41, 5.74) is 9.88. The molecular formula is C19H18BNO4. The number of hydrogen-bond donors (Lipinski definition) is 2. The van der Waals surface area contributed by atoms with E-state index >= 15 is 0 Å². The molecule has 1 amide bonds. The zero-order valence-electron chi connectivity index (χ0n) is 13.7. The van der Waals surface area contributed by atoms with E-state index < -0.39 is 13.0 Å². The van der Waals surface area contributed by atoms with Gasteiger partial charge in [0.05, 0.1) is 12.2 Å². The molecule has 1 atom stereocenters. The number of fused-ring (bicyclic) bond motifs is 2. The fourth-order valence-electron chi connectivity index (χ4n) is 3.84. The summed E-state index contributed by atoms with van der Waals surface area (Å²) >= 11 is 0. The zero-order valence-corrected chi connectivity index (χ0v) is 13.7. The number of hydrogen-bond acceptors (Lipinski definition) is 4. The first kappa shape index (κ1) is 16.1. The Bertz CT molecular complexity index is 880. The third-order valence-corrected chi connectivity index (χ3v) is 5.15. The third kappa shape index (κ3) is 2.77. The van der Waals surface area contributed by atoms with E-state index in [-0.39, 0.29) is 11.7 Å². The molecule has 0 saturated heterocycles. The predicted molar refractivity (Wildman–Crippen MR) is 93.6 cm³/mol. The van der Waals surface area contributed by atoms with Gasteiger partial charge >= 0.3 is 7.12 Å². The van der Waals surface area contributed by atoms with E-state index in [1.807, 2.05) is 24.3 Å². The van der Waals surface area contributed by atoms with Crippen molar-refractivity contribution in [3.63, 3.8) is 0 Å². The summed E-state index contributed by atoms with van der Waals surface area (Å²) < 4.78 is 5.22. The van der Waals surface area contributed by atoms with Crippen molar-refractivity contribution in [3.8, 4) is 0 Å². The van der Waals surface area contributed by atoms with Gasteiger partial charge in [0, 0.05) is 11.5 Å². The molecule has 5 nitrogen and oxygen atoms in total. The Balaban J connectivity index is 1.63. The lowest BCUT2D eigenvalue weighted by atomic mass is 9.75. The smallest absolute Gasteiger partial charge is 0.423 e. The minimum absolute atomic E-state index is 0.0204. The molecule has 2 aromatic rings. The van der Waals surface area contributed by atoms with Crippen LogP contribution in [0.4, 0.5) is 0 Å². The van der Waals surface area contributed by atoms with Crippen LogP contribution in [0.25, 0.3) is 0 Å². The van der Waals surface area contributed by atoms with E-state index in [0.717, 1.165) is 35.0 Å². The van der Waals surface area contributed by atoms with Crippen molar-refractivity contribution in [2.45, 2.75) is 25.9 Å². The molecule has 6 heteroatoms. The Labute approximate surface area is 145 Å². The molecule has 0 bridgehead atoms. The fraction of sp³-hybridized carbons (Fsp3) is 0.263. The van der Waals surface area contributed by atoms with Crippen LogP contribution in [0.1, 0.15) is 43.8 Å². The number of benzene rings is 2. The second-order valence-electron chi connectivity index (χ2n) is 6.70. The van der Waals surface area contributed by atoms with Gasteiger partial charge in [0.25, 0.3) is 0 Å². The fourth-order valence-corrected chi connectivity index (χ4v) is 3.84. The van der Waals surface area contributed by atoms with Crippen LogP contribution in [0.3, 0.4) is 0 Å². The van der Waals surface area contributed by atoms with E-state index in [1.54, 1.807) is 12.1 Å². The Morgan fingerprint density at radius 3 is 2.92 bits per heavy atom. The van der Waals surface area contributed by atoms with Gasteiger partial charge in [-0.05, 0) is 47.5 Å². The molecule has 0 spiro atoms. The monoisotopic (exact) mass is 335 g/mol. The largest absolute Gasteiger partial charge is 0.491 e. The highest BCUT2D eigenvalue weighted by Crippen LogP contribution is 2.30. The quantitative estimate of drug-likeness (QED) is 0.819. The lowest BCUT2D eigenvalue weighted by Gasteiger charge is -2.25. The van der Waals surface area contributed by atoms with Gasteiger partial charge in [-0.1, -0.05) is 30.3 Å². The van der Waals surface area contributed by atoms with E-state index in [9.17, 15) is 14.6 Å². The summed E-state index contributed by atoms with van der Waals surface area (Å²) in [5.74, 6) is -0.776. The molecule has 0 radical (unpaired) electrons. The minimum Gasteiger partial charge on any atom is -0.423 e. The van der Waals surface area contributed by atoms with E-state index in [0.29, 0.717) is 24.2 Å². The third-order valence-electron chi connectivity index (χ3n) is 5.15. The Kier molecular flexibility index (Phi) is 3.94. The van der Waals surface area contributed by atoms with Crippen LogP contribution in [0, 0.1) is 5.92 Å². The maximum atomic E-state index is 13.0. The van der Waals surface area contributed by atoms with Crippen molar-refractivity contribution in [3.05, 3.63) is 64.2 Å². The summed E-state index contributed by atoms with van der Waals surface area (Å²) in [5, 5.41) is 9.85. The summed E-state index contributed by atoms with van der Waals surface area (Å²) in [7, 11) is -0.890. The number of rotatable bonds is 3. The Hall–Kier alpha value is -2.44.